The van der Waals surface area contributed by atoms with E-state index in [1.165, 1.54) is 11.3 Å². The van der Waals surface area contributed by atoms with Gasteiger partial charge in [0.25, 0.3) is 5.91 Å². The fourth-order valence-electron chi connectivity index (χ4n) is 2.63. The van der Waals surface area contributed by atoms with Gasteiger partial charge in [-0.3, -0.25) is 9.59 Å². The van der Waals surface area contributed by atoms with Crippen molar-refractivity contribution in [2.24, 2.45) is 5.73 Å². The number of nitrogens with two attached hydrogens (primary N) is 1. The van der Waals surface area contributed by atoms with Crippen LogP contribution in [-0.2, 0) is 0 Å². The monoisotopic (exact) mass is 389 g/mol. The standard InChI is InChI=1S/C20H15N5O2S/c21-17(26)13-8-10-14(11-9-13)22-20(27)18-23-19(16-7-4-12-28-16)25(24-18)15-5-2-1-3-6-15/h1-12H,(H2,21,26)(H,22,27). The first-order valence-electron chi connectivity index (χ1n) is 8.39. The van der Waals surface area contributed by atoms with Gasteiger partial charge in [-0.25, -0.2) is 9.67 Å². The molecule has 0 aliphatic rings. The highest BCUT2D eigenvalue weighted by molar-refractivity contribution is 7.13. The van der Waals surface area contributed by atoms with Crippen LogP contribution in [0.1, 0.15) is 21.0 Å². The van der Waals surface area contributed by atoms with E-state index in [1.807, 2.05) is 47.8 Å². The largest absolute Gasteiger partial charge is 0.366 e. The van der Waals surface area contributed by atoms with Gasteiger partial charge in [0.1, 0.15) is 0 Å². The number of hydrogen-bond donors (Lipinski definition) is 2. The minimum atomic E-state index is -0.526. The van der Waals surface area contributed by atoms with Gasteiger partial charge in [-0.15, -0.1) is 16.4 Å². The molecule has 138 valence electrons. The molecule has 0 bridgehead atoms. The molecule has 28 heavy (non-hydrogen) atoms. The first-order valence-corrected chi connectivity index (χ1v) is 9.27. The Morgan fingerprint density at radius 1 is 0.964 bits per heavy atom. The number of benzene rings is 2. The zero-order valence-electron chi connectivity index (χ0n) is 14.6. The number of amides is 2. The second-order valence-corrected chi connectivity index (χ2v) is 6.83. The third-order valence-electron chi connectivity index (χ3n) is 3.98. The zero-order valence-corrected chi connectivity index (χ0v) is 15.4. The molecule has 0 saturated carbocycles. The Morgan fingerprint density at radius 3 is 2.36 bits per heavy atom. The van der Waals surface area contributed by atoms with Gasteiger partial charge in [0.05, 0.1) is 10.6 Å². The van der Waals surface area contributed by atoms with E-state index in [4.69, 9.17) is 5.73 Å². The molecule has 8 heteroatoms. The average molecular weight is 389 g/mol. The van der Waals surface area contributed by atoms with Crippen molar-refractivity contribution in [1.82, 2.24) is 14.8 Å². The van der Waals surface area contributed by atoms with Gasteiger partial charge in [-0.2, -0.15) is 0 Å². The topological polar surface area (TPSA) is 103 Å². The maximum atomic E-state index is 12.7. The SMILES string of the molecule is NC(=O)c1ccc(NC(=O)c2nc(-c3cccs3)n(-c3ccccc3)n2)cc1. The molecule has 3 N–H and O–H groups in total. The van der Waals surface area contributed by atoms with Crippen molar-refractivity contribution < 1.29 is 9.59 Å². The van der Waals surface area contributed by atoms with Crippen LogP contribution in [0, 0.1) is 0 Å². The van der Waals surface area contributed by atoms with Crippen LogP contribution in [-0.4, -0.2) is 26.6 Å². The molecule has 2 aromatic carbocycles. The van der Waals surface area contributed by atoms with Crippen LogP contribution in [0.25, 0.3) is 16.4 Å². The molecular weight excluding hydrogens is 374 g/mol. The summed E-state index contributed by atoms with van der Waals surface area (Å²) in [6.45, 7) is 0. The van der Waals surface area contributed by atoms with Crippen LogP contribution in [0.2, 0.25) is 0 Å². The minimum absolute atomic E-state index is 0.0474. The maximum Gasteiger partial charge on any atom is 0.295 e. The Hall–Kier alpha value is -3.78. The highest BCUT2D eigenvalue weighted by Gasteiger charge is 2.19. The molecule has 0 saturated heterocycles. The number of rotatable bonds is 5. The number of nitrogens with one attached hydrogen (secondary N) is 1. The highest BCUT2D eigenvalue weighted by Crippen LogP contribution is 2.25. The van der Waals surface area contributed by atoms with Gasteiger partial charge in [-0.1, -0.05) is 24.3 Å². The first-order chi connectivity index (χ1) is 13.6. The van der Waals surface area contributed by atoms with Crippen LogP contribution in [0.4, 0.5) is 5.69 Å². The van der Waals surface area contributed by atoms with Crippen molar-refractivity contribution in [3.05, 3.63) is 83.5 Å². The number of primary amides is 1. The molecule has 0 unspecified atom stereocenters. The second-order valence-electron chi connectivity index (χ2n) is 5.88. The van der Waals surface area contributed by atoms with E-state index in [-0.39, 0.29) is 5.82 Å². The molecular formula is C20H15N5O2S. The molecule has 0 atom stereocenters. The lowest BCUT2D eigenvalue weighted by molar-refractivity contribution is 0.0997. The molecule has 0 fully saturated rings. The van der Waals surface area contributed by atoms with Crippen molar-refractivity contribution in [1.29, 1.82) is 0 Å². The molecule has 0 aliphatic carbocycles. The first kappa shape index (κ1) is 17.6. The Labute approximate surface area is 164 Å². The molecule has 4 aromatic rings. The van der Waals surface area contributed by atoms with Crippen molar-refractivity contribution in [2.75, 3.05) is 5.32 Å². The average Bonchev–Trinajstić information content (AvgIpc) is 3.39. The van der Waals surface area contributed by atoms with E-state index in [0.717, 1.165) is 10.6 Å². The summed E-state index contributed by atoms with van der Waals surface area (Å²) in [5, 5.41) is 9.08. The Morgan fingerprint density at radius 2 is 1.71 bits per heavy atom. The van der Waals surface area contributed by atoms with E-state index in [1.54, 1.807) is 28.9 Å². The highest BCUT2D eigenvalue weighted by atomic mass is 32.1. The summed E-state index contributed by atoms with van der Waals surface area (Å²) in [5.74, 6) is -0.331. The summed E-state index contributed by atoms with van der Waals surface area (Å²) in [7, 11) is 0. The molecule has 0 aliphatic heterocycles. The lowest BCUT2D eigenvalue weighted by Crippen LogP contribution is -2.15. The van der Waals surface area contributed by atoms with Crippen LogP contribution in [0.3, 0.4) is 0 Å². The number of carbonyl (C=O) groups excluding carboxylic acids is 2. The van der Waals surface area contributed by atoms with E-state index in [2.05, 4.69) is 15.4 Å². The van der Waals surface area contributed by atoms with Gasteiger partial charge >= 0.3 is 0 Å². The summed E-state index contributed by atoms with van der Waals surface area (Å²) in [6, 6.07) is 19.7. The second kappa shape index (κ2) is 7.45. The fraction of sp³-hybridized carbons (Fsp3) is 0. The fourth-order valence-corrected chi connectivity index (χ4v) is 3.33. The van der Waals surface area contributed by atoms with E-state index in [0.29, 0.717) is 17.1 Å². The number of anilines is 1. The van der Waals surface area contributed by atoms with Crippen LogP contribution in [0.15, 0.2) is 72.1 Å². The molecule has 2 amide bonds. The normalized spacial score (nSPS) is 10.6. The molecule has 2 heterocycles. The van der Waals surface area contributed by atoms with Crippen LogP contribution in [0.5, 0.6) is 0 Å². The number of carbonyl (C=O) groups is 2. The van der Waals surface area contributed by atoms with Gasteiger partial charge in [-0.05, 0) is 47.8 Å². The Bertz CT molecular complexity index is 1120. The summed E-state index contributed by atoms with van der Waals surface area (Å²) in [4.78, 5) is 29.2. The Balaban J connectivity index is 1.66. The van der Waals surface area contributed by atoms with Crippen molar-refractivity contribution in [3.63, 3.8) is 0 Å². The number of para-hydroxylation sites is 1. The maximum absolute atomic E-state index is 12.7. The van der Waals surface area contributed by atoms with Crippen molar-refractivity contribution in [3.8, 4) is 16.4 Å². The number of aromatic nitrogens is 3. The molecule has 0 spiro atoms. The van der Waals surface area contributed by atoms with Gasteiger partial charge in [0, 0.05) is 11.3 Å². The van der Waals surface area contributed by atoms with E-state index in [9.17, 15) is 9.59 Å². The predicted octanol–water partition coefficient (Wildman–Crippen LogP) is 3.35. The summed E-state index contributed by atoms with van der Waals surface area (Å²) < 4.78 is 1.65. The van der Waals surface area contributed by atoms with E-state index >= 15 is 0 Å². The summed E-state index contributed by atoms with van der Waals surface area (Å²) in [6.07, 6.45) is 0. The quantitative estimate of drug-likeness (QED) is 0.546. The molecule has 0 radical (unpaired) electrons. The number of nitrogens with zero attached hydrogens (tertiary/aromatic N) is 3. The predicted molar refractivity (Wildman–Crippen MR) is 108 cm³/mol. The van der Waals surface area contributed by atoms with Crippen molar-refractivity contribution >= 4 is 28.8 Å². The minimum Gasteiger partial charge on any atom is -0.366 e. The molecule has 2 aromatic heterocycles. The number of thiophene rings is 1. The lowest BCUT2D eigenvalue weighted by atomic mass is 10.2. The molecule has 4 rings (SSSR count). The lowest BCUT2D eigenvalue weighted by Gasteiger charge is -2.04. The third kappa shape index (κ3) is 3.53. The molecule has 7 nitrogen and oxygen atoms in total. The summed E-state index contributed by atoms with van der Waals surface area (Å²) >= 11 is 1.52. The summed E-state index contributed by atoms with van der Waals surface area (Å²) in [5.41, 5.74) is 6.92. The third-order valence-corrected chi connectivity index (χ3v) is 4.85. The van der Waals surface area contributed by atoms with Crippen LogP contribution < -0.4 is 11.1 Å². The van der Waals surface area contributed by atoms with Gasteiger partial charge < -0.3 is 11.1 Å². The van der Waals surface area contributed by atoms with Gasteiger partial charge in [0.2, 0.25) is 11.7 Å². The Kier molecular flexibility index (Phi) is 4.69. The van der Waals surface area contributed by atoms with Crippen molar-refractivity contribution in [2.45, 2.75) is 0 Å². The van der Waals surface area contributed by atoms with Gasteiger partial charge in [0.15, 0.2) is 5.82 Å². The van der Waals surface area contributed by atoms with Crippen LogP contribution >= 0.6 is 11.3 Å². The van der Waals surface area contributed by atoms with E-state index < -0.39 is 11.8 Å². The smallest absolute Gasteiger partial charge is 0.295 e. The number of hydrogen-bond acceptors (Lipinski definition) is 5. The zero-order chi connectivity index (χ0) is 19.5.